The predicted octanol–water partition coefficient (Wildman–Crippen LogP) is 3.71. The molecule has 1 atom stereocenters. The summed E-state index contributed by atoms with van der Waals surface area (Å²) in [5.41, 5.74) is 3.13. The van der Waals surface area contributed by atoms with Crippen molar-refractivity contribution in [1.29, 1.82) is 0 Å². The van der Waals surface area contributed by atoms with Gasteiger partial charge in [-0.2, -0.15) is 0 Å². The van der Waals surface area contributed by atoms with Gasteiger partial charge in [-0.1, -0.05) is 12.1 Å². The van der Waals surface area contributed by atoms with Crippen molar-refractivity contribution in [2.75, 3.05) is 6.61 Å². The summed E-state index contributed by atoms with van der Waals surface area (Å²) in [7, 11) is 0. The third kappa shape index (κ3) is 3.72. The van der Waals surface area contributed by atoms with Crippen molar-refractivity contribution < 1.29 is 18.3 Å². The average Bonchev–Trinajstić information content (AvgIpc) is 3.03. The molecule has 2 aromatic rings. The lowest BCUT2D eigenvalue weighted by Crippen LogP contribution is -2.31. The second kappa shape index (κ2) is 6.99. The quantitative estimate of drug-likeness (QED) is 0.907. The fourth-order valence-electron chi connectivity index (χ4n) is 2.94. The first-order valence-electron chi connectivity index (χ1n) is 8.02. The smallest absolute Gasteiger partial charge is 0.258 e. The van der Waals surface area contributed by atoms with Crippen molar-refractivity contribution in [3.8, 4) is 5.75 Å². The van der Waals surface area contributed by atoms with Crippen LogP contribution in [0.4, 0.5) is 8.78 Å². The van der Waals surface area contributed by atoms with Gasteiger partial charge in [-0.05, 0) is 67.1 Å². The Morgan fingerprint density at radius 3 is 2.71 bits per heavy atom. The number of ether oxygens (including phenoxy) is 1. The number of carbonyl (C=O) groups excluding carboxylic acids is 1. The summed E-state index contributed by atoms with van der Waals surface area (Å²) in [4.78, 5) is 12.0. The number of benzene rings is 2. The Hall–Kier alpha value is -2.43. The molecule has 0 saturated heterocycles. The molecule has 1 aliphatic carbocycles. The van der Waals surface area contributed by atoms with E-state index in [0.29, 0.717) is 11.3 Å². The first kappa shape index (κ1) is 16.4. The lowest BCUT2D eigenvalue weighted by molar-refractivity contribution is -0.123. The summed E-state index contributed by atoms with van der Waals surface area (Å²) in [5, 5.41) is 2.71. The van der Waals surface area contributed by atoms with E-state index in [1.807, 2.05) is 18.2 Å². The van der Waals surface area contributed by atoms with Gasteiger partial charge < -0.3 is 10.1 Å². The topological polar surface area (TPSA) is 38.3 Å². The lowest BCUT2D eigenvalue weighted by atomic mass is 10.1. The number of fused-ring (bicyclic) bond motifs is 1. The summed E-state index contributed by atoms with van der Waals surface area (Å²) in [5.74, 6) is -1.47. The van der Waals surface area contributed by atoms with Crippen molar-refractivity contribution in [2.45, 2.75) is 32.2 Å². The van der Waals surface area contributed by atoms with Gasteiger partial charge >= 0.3 is 0 Å². The second-order valence-electron chi connectivity index (χ2n) is 6.04. The van der Waals surface area contributed by atoms with E-state index in [1.54, 1.807) is 6.92 Å². The summed E-state index contributed by atoms with van der Waals surface area (Å²) >= 11 is 0. The molecule has 0 heterocycles. The number of halogens is 2. The van der Waals surface area contributed by atoms with Crippen LogP contribution in [0.3, 0.4) is 0 Å². The van der Waals surface area contributed by atoms with E-state index in [0.717, 1.165) is 31.4 Å². The monoisotopic (exact) mass is 331 g/mol. The molecule has 2 aromatic carbocycles. The largest absolute Gasteiger partial charge is 0.484 e. The zero-order chi connectivity index (χ0) is 17.1. The number of hydrogen-bond donors (Lipinski definition) is 1. The van der Waals surface area contributed by atoms with Crippen molar-refractivity contribution >= 4 is 5.91 Å². The average molecular weight is 331 g/mol. The fraction of sp³-hybridized carbons (Fsp3) is 0.316. The van der Waals surface area contributed by atoms with Gasteiger partial charge in [0.05, 0.1) is 6.04 Å². The van der Waals surface area contributed by atoms with E-state index >= 15 is 0 Å². The van der Waals surface area contributed by atoms with E-state index in [2.05, 4.69) is 5.32 Å². The Labute approximate surface area is 139 Å². The highest BCUT2D eigenvalue weighted by molar-refractivity contribution is 5.78. The Morgan fingerprint density at radius 2 is 1.92 bits per heavy atom. The third-order valence-corrected chi connectivity index (χ3v) is 4.26. The second-order valence-corrected chi connectivity index (χ2v) is 6.04. The number of amides is 1. The highest BCUT2D eigenvalue weighted by Gasteiger charge is 2.14. The number of rotatable bonds is 5. The van der Waals surface area contributed by atoms with Gasteiger partial charge in [-0.3, -0.25) is 4.79 Å². The molecule has 0 aromatic heterocycles. The molecule has 0 bridgehead atoms. The highest BCUT2D eigenvalue weighted by Crippen LogP contribution is 2.26. The standard InChI is InChI=1S/C19H19F2NO2/c1-12(14-6-8-17(20)18(21)10-14)22-19(23)11-24-16-7-5-13-3-2-4-15(13)9-16/h5-10,12H,2-4,11H2,1H3,(H,22,23)/t12-/m1/s1. The number of nitrogens with one attached hydrogen (secondary N) is 1. The molecule has 1 aliphatic rings. The fourth-order valence-corrected chi connectivity index (χ4v) is 2.94. The zero-order valence-corrected chi connectivity index (χ0v) is 13.4. The van der Waals surface area contributed by atoms with E-state index in [1.165, 1.54) is 17.2 Å². The van der Waals surface area contributed by atoms with E-state index in [-0.39, 0.29) is 12.5 Å². The van der Waals surface area contributed by atoms with Crippen LogP contribution < -0.4 is 10.1 Å². The van der Waals surface area contributed by atoms with Gasteiger partial charge in [-0.15, -0.1) is 0 Å². The van der Waals surface area contributed by atoms with Gasteiger partial charge in [0.15, 0.2) is 18.2 Å². The van der Waals surface area contributed by atoms with Crippen LogP contribution in [-0.4, -0.2) is 12.5 Å². The molecule has 0 fully saturated rings. The van der Waals surface area contributed by atoms with Crippen molar-refractivity contribution in [1.82, 2.24) is 5.32 Å². The van der Waals surface area contributed by atoms with Gasteiger partial charge in [0, 0.05) is 0 Å². The molecule has 126 valence electrons. The Balaban J connectivity index is 1.54. The molecular formula is C19H19F2NO2. The maximum absolute atomic E-state index is 13.2. The maximum atomic E-state index is 13.2. The molecular weight excluding hydrogens is 312 g/mol. The van der Waals surface area contributed by atoms with Crippen molar-refractivity contribution in [2.24, 2.45) is 0 Å². The van der Waals surface area contributed by atoms with Crippen LogP contribution in [0.15, 0.2) is 36.4 Å². The summed E-state index contributed by atoms with van der Waals surface area (Å²) in [6.45, 7) is 1.59. The number of aryl methyl sites for hydroxylation is 2. The van der Waals surface area contributed by atoms with Crippen molar-refractivity contribution in [3.05, 3.63) is 64.7 Å². The zero-order valence-electron chi connectivity index (χ0n) is 13.4. The van der Waals surface area contributed by atoms with Gasteiger partial charge in [0.2, 0.25) is 0 Å². The minimum atomic E-state index is -0.928. The Bertz CT molecular complexity index is 761. The number of hydrogen-bond acceptors (Lipinski definition) is 2. The van der Waals surface area contributed by atoms with Gasteiger partial charge in [0.1, 0.15) is 5.75 Å². The van der Waals surface area contributed by atoms with Gasteiger partial charge in [0.25, 0.3) is 5.91 Å². The molecule has 3 rings (SSSR count). The number of carbonyl (C=O) groups is 1. The minimum Gasteiger partial charge on any atom is -0.484 e. The molecule has 0 radical (unpaired) electrons. The Morgan fingerprint density at radius 1 is 1.12 bits per heavy atom. The predicted molar refractivity (Wildman–Crippen MR) is 86.9 cm³/mol. The summed E-state index contributed by atoms with van der Waals surface area (Å²) < 4.78 is 31.7. The van der Waals surface area contributed by atoms with E-state index < -0.39 is 17.7 Å². The molecule has 24 heavy (non-hydrogen) atoms. The molecule has 5 heteroatoms. The minimum absolute atomic E-state index is 0.118. The van der Waals surface area contributed by atoms with E-state index in [9.17, 15) is 13.6 Å². The molecule has 1 N–H and O–H groups in total. The lowest BCUT2D eigenvalue weighted by Gasteiger charge is -2.15. The summed E-state index contributed by atoms with van der Waals surface area (Å²) in [6, 6.07) is 9.04. The van der Waals surface area contributed by atoms with Crippen LogP contribution >= 0.6 is 0 Å². The Kier molecular flexibility index (Phi) is 4.79. The molecule has 0 spiro atoms. The molecule has 0 saturated carbocycles. The molecule has 0 aliphatic heterocycles. The third-order valence-electron chi connectivity index (χ3n) is 4.26. The van der Waals surface area contributed by atoms with Crippen LogP contribution in [0, 0.1) is 11.6 Å². The van der Waals surface area contributed by atoms with Crippen LogP contribution in [0.1, 0.15) is 36.1 Å². The van der Waals surface area contributed by atoms with Gasteiger partial charge in [-0.25, -0.2) is 8.78 Å². The molecule has 1 amide bonds. The molecule has 0 unspecified atom stereocenters. The first-order chi connectivity index (χ1) is 11.5. The van der Waals surface area contributed by atoms with Crippen LogP contribution in [0.5, 0.6) is 5.75 Å². The normalized spacial score (nSPS) is 14.1. The SMILES string of the molecule is C[C@@H](NC(=O)COc1ccc2c(c1)CCC2)c1ccc(F)c(F)c1. The maximum Gasteiger partial charge on any atom is 0.258 e. The van der Waals surface area contributed by atoms with E-state index in [4.69, 9.17) is 4.74 Å². The van der Waals surface area contributed by atoms with Crippen LogP contribution in [0.2, 0.25) is 0 Å². The summed E-state index contributed by atoms with van der Waals surface area (Å²) in [6.07, 6.45) is 3.30. The highest BCUT2D eigenvalue weighted by atomic mass is 19.2. The molecule has 3 nitrogen and oxygen atoms in total. The first-order valence-corrected chi connectivity index (χ1v) is 8.02. The van der Waals surface area contributed by atoms with Crippen LogP contribution in [0.25, 0.3) is 0 Å². The van der Waals surface area contributed by atoms with Crippen molar-refractivity contribution in [3.63, 3.8) is 0 Å². The van der Waals surface area contributed by atoms with Crippen LogP contribution in [-0.2, 0) is 17.6 Å².